The number of hydrogen-bond acceptors (Lipinski definition) is 3. The minimum atomic E-state index is -0.282. The maximum atomic E-state index is 13.5. The predicted molar refractivity (Wildman–Crippen MR) is 81.5 cm³/mol. The van der Waals surface area contributed by atoms with Gasteiger partial charge in [0.1, 0.15) is 11.6 Å². The van der Waals surface area contributed by atoms with Crippen molar-refractivity contribution in [1.29, 1.82) is 5.26 Å². The van der Waals surface area contributed by atoms with Crippen molar-refractivity contribution >= 4 is 0 Å². The van der Waals surface area contributed by atoms with Crippen molar-refractivity contribution in [2.24, 2.45) is 0 Å². The largest absolute Gasteiger partial charge is 0.334 e. The van der Waals surface area contributed by atoms with Crippen LogP contribution in [0, 0.1) is 24.1 Å². The van der Waals surface area contributed by atoms with Gasteiger partial charge in [0.25, 0.3) is 0 Å². The lowest BCUT2D eigenvalue weighted by atomic mass is 10.1. The molecule has 1 aliphatic heterocycles. The van der Waals surface area contributed by atoms with Gasteiger partial charge in [-0.3, -0.25) is 4.90 Å². The molecule has 0 unspecified atom stereocenters. The molecular weight excluding hydrogens is 279 g/mol. The molecular formula is C17H19FN4. The second kappa shape index (κ2) is 6.29. The van der Waals surface area contributed by atoms with E-state index in [0.717, 1.165) is 37.3 Å². The summed E-state index contributed by atoms with van der Waals surface area (Å²) < 4.78 is 15.6. The maximum absolute atomic E-state index is 13.5. The quantitative estimate of drug-likeness (QED) is 0.872. The van der Waals surface area contributed by atoms with Gasteiger partial charge in [0.2, 0.25) is 0 Å². The highest BCUT2D eigenvalue weighted by Gasteiger charge is 2.25. The standard InChI is InChI=1S/C17H19FN4/c1-13-20-6-8-21(13)12-17-3-2-7-22(17)11-15-9-16(18)5-4-14(15)10-19/h4-6,8-9,17H,2-3,7,11-12H2,1H3/t17-/m0/s1. The van der Waals surface area contributed by atoms with Gasteiger partial charge in [-0.1, -0.05) is 0 Å². The number of rotatable bonds is 4. The number of nitrogens with zero attached hydrogens (tertiary/aromatic N) is 4. The molecule has 114 valence electrons. The zero-order valence-electron chi connectivity index (χ0n) is 12.7. The van der Waals surface area contributed by atoms with Crippen LogP contribution in [-0.2, 0) is 13.1 Å². The summed E-state index contributed by atoms with van der Waals surface area (Å²) in [6.45, 7) is 4.50. The highest BCUT2D eigenvalue weighted by molar-refractivity contribution is 5.37. The van der Waals surface area contributed by atoms with Crippen LogP contribution in [0.5, 0.6) is 0 Å². The van der Waals surface area contributed by atoms with E-state index >= 15 is 0 Å². The Kier molecular flexibility index (Phi) is 4.21. The van der Waals surface area contributed by atoms with E-state index in [0.29, 0.717) is 18.2 Å². The van der Waals surface area contributed by atoms with Gasteiger partial charge < -0.3 is 4.57 Å². The van der Waals surface area contributed by atoms with E-state index in [1.807, 2.05) is 19.3 Å². The molecule has 1 saturated heterocycles. The van der Waals surface area contributed by atoms with Crippen molar-refractivity contribution in [1.82, 2.24) is 14.5 Å². The van der Waals surface area contributed by atoms with Crippen LogP contribution in [0.15, 0.2) is 30.6 Å². The Morgan fingerprint density at radius 3 is 3.05 bits per heavy atom. The highest BCUT2D eigenvalue weighted by atomic mass is 19.1. The lowest BCUT2D eigenvalue weighted by Gasteiger charge is -2.25. The van der Waals surface area contributed by atoms with Crippen LogP contribution in [0.2, 0.25) is 0 Å². The summed E-state index contributed by atoms with van der Waals surface area (Å²) in [6.07, 6.45) is 6.06. The second-order valence-electron chi connectivity index (χ2n) is 5.81. The van der Waals surface area contributed by atoms with E-state index in [4.69, 9.17) is 0 Å². The molecule has 22 heavy (non-hydrogen) atoms. The average Bonchev–Trinajstić information content (AvgIpc) is 3.10. The Morgan fingerprint density at radius 1 is 1.45 bits per heavy atom. The minimum absolute atomic E-state index is 0.282. The van der Waals surface area contributed by atoms with Crippen LogP contribution in [0.1, 0.15) is 29.8 Å². The minimum Gasteiger partial charge on any atom is -0.334 e. The summed E-state index contributed by atoms with van der Waals surface area (Å²) in [4.78, 5) is 6.60. The molecule has 1 atom stereocenters. The van der Waals surface area contributed by atoms with Crippen molar-refractivity contribution in [3.63, 3.8) is 0 Å². The number of aromatic nitrogens is 2. The number of benzene rings is 1. The summed E-state index contributed by atoms with van der Waals surface area (Å²) in [6, 6.07) is 6.96. The Bertz CT molecular complexity index is 701. The summed E-state index contributed by atoms with van der Waals surface area (Å²) in [5.74, 6) is 0.727. The highest BCUT2D eigenvalue weighted by Crippen LogP contribution is 2.23. The number of hydrogen-bond donors (Lipinski definition) is 0. The Balaban J connectivity index is 1.76. The first-order valence-corrected chi connectivity index (χ1v) is 7.57. The molecule has 0 N–H and O–H groups in total. The molecule has 1 fully saturated rings. The lowest BCUT2D eigenvalue weighted by Crippen LogP contribution is -2.33. The third-order valence-electron chi connectivity index (χ3n) is 4.39. The lowest BCUT2D eigenvalue weighted by molar-refractivity contribution is 0.223. The monoisotopic (exact) mass is 298 g/mol. The SMILES string of the molecule is Cc1nccn1C[C@@H]1CCCN1Cc1cc(F)ccc1C#N. The molecule has 1 aromatic carbocycles. The van der Waals surface area contributed by atoms with E-state index < -0.39 is 0 Å². The second-order valence-corrected chi connectivity index (χ2v) is 5.81. The van der Waals surface area contributed by atoms with E-state index in [1.165, 1.54) is 12.1 Å². The molecule has 4 nitrogen and oxygen atoms in total. The van der Waals surface area contributed by atoms with E-state index in [9.17, 15) is 9.65 Å². The Hall–Kier alpha value is -2.19. The van der Waals surface area contributed by atoms with Gasteiger partial charge in [-0.2, -0.15) is 5.26 Å². The molecule has 2 aromatic rings. The average molecular weight is 298 g/mol. The molecule has 3 rings (SSSR count). The summed E-state index contributed by atoms with van der Waals surface area (Å²) in [5, 5.41) is 9.19. The normalized spacial score (nSPS) is 18.5. The van der Waals surface area contributed by atoms with E-state index in [1.54, 1.807) is 6.07 Å². The fourth-order valence-corrected chi connectivity index (χ4v) is 3.15. The predicted octanol–water partition coefficient (Wildman–Crippen LogP) is 2.87. The first-order chi connectivity index (χ1) is 10.7. The molecule has 2 heterocycles. The number of imidazole rings is 1. The molecule has 0 aliphatic carbocycles. The third-order valence-corrected chi connectivity index (χ3v) is 4.39. The Labute approximate surface area is 129 Å². The molecule has 0 radical (unpaired) electrons. The first-order valence-electron chi connectivity index (χ1n) is 7.57. The molecule has 0 saturated carbocycles. The molecule has 5 heteroatoms. The van der Waals surface area contributed by atoms with Crippen LogP contribution in [0.3, 0.4) is 0 Å². The summed E-state index contributed by atoms with van der Waals surface area (Å²) in [7, 11) is 0. The van der Waals surface area contributed by atoms with Crippen molar-refractivity contribution in [2.45, 2.75) is 38.9 Å². The van der Waals surface area contributed by atoms with Crippen LogP contribution in [-0.4, -0.2) is 27.0 Å². The van der Waals surface area contributed by atoms with Crippen molar-refractivity contribution in [3.8, 4) is 6.07 Å². The first kappa shape index (κ1) is 14.7. The van der Waals surface area contributed by atoms with E-state index in [-0.39, 0.29) is 5.82 Å². The number of nitriles is 1. The van der Waals surface area contributed by atoms with Gasteiger partial charge in [-0.15, -0.1) is 0 Å². The zero-order valence-corrected chi connectivity index (χ0v) is 12.7. The summed E-state index contributed by atoms with van der Waals surface area (Å²) in [5.41, 5.74) is 1.34. The molecule has 0 bridgehead atoms. The van der Waals surface area contributed by atoms with Crippen molar-refractivity contribution in [3.05, 3.63) is 53.4 Å². The van der Waals surface area contributed by atoms with Crippen molar-refractivity contribution < 1.29 is 4.39 Å². The van der Waals surface area contributed by atoms with Gasteiger partial charge in [0, 0.05) is 31.5 Å². The van der Waals surface area contributed by atoms with Crippen LogP contribution >= 0.6 is 0 Å². The topological polar surface area (TPSA) is 44.9 Å². The van der Waals surface area contributed by atoms with Gasteiger partial charge >= 0.3 is 0 Å². The third kappa shape index (κ3) is 3.02. The van der Waals surface area contributed by atoms with Crippen LogP contribution < -0.4 is 0 Å². The van der Waals surface area contributed by atoms with Gasteiger partial charge in [-0.25, -0.2) is 9.37 Å². The van der Waals surface area contributed by atoms with E-state index in [2.05, 4.69) is 20.5 Å². The smallest absolute Gasteiger partial charge is 0.123 e. The fraction of sp³-hybridized carbons (Fsp3) is 0.412. The van der Waals surface area contributed by atoms with Gasteiger partial charge in [-0.05, 0) is 50.1 Å². The molecule has 0 spiro atoms. The number of likely N-dealkylation sites (tertiary alicyclic amines) is 1. The zero-order chi connectivity index (χ0) is 15.5. The number of aryl methyl sites for hydroxylation is 1. The van der Waals surface area contributed by atoms with Crippen LogP contribution in [0.25, 0.3) is 0 Å². The Morgan fingerprint density at radius 2 is 2.32 bits per heavy atom. The summed E-state index contributed by atoms with van der Waals surface area (Å²) >= 11 is 0. The van der Waals surface area contributed by atoms with Crippen molar-refractivity contribution in [2.75, 3.05) is 6.54 Å². The molecule has 1 aliphatic rings. The molecule has 0 amide bonds. The number of halogens is 1. The van der Waals surface area contributed by atoms with Gasteiger partial charge in [0.15, 0.2) is 0 Å². The van der Waals surface area contributed by atoms with Crippen LogP contribution in [0.4, 0.5) is 4.39 Å². The maximum Gasteiger partial charge on any atom is 0.123 e. The fourth-order valence-electron chi connectivity index (χ4n) is 3.15. The van der Waals surface area contributed by atoms with Gasteiger partial charge in [0.05, 0.1) is 11.6 Å². The molecule has 1 aromatic heterocycles.